The maximum absolute atomic E-state index is 4.82. The molecule has 14 heavy (non-hydrogen) atoms. The third kappa shape index (κ3) is 4.14. The number of hydrogen-bond acceptors (Lipinski definition) is 3. The molecule has 0 atom stereocenters. The van der Waals surface area contributed by atoms with Gasteiger partial charge in [0.1, 0.15) is 5.03 Å². The van der Waals surface area contributed by atoms with Crippen LogP contribution in [0.15, 0.2) is 52.7 Å². The lowest BCUT2D eigenvalue weighted by Crippen LogP contribution is -1.74. The number of aromatic nitrogens is 1. The molecule has 0 aromatic carbocycles. The monoisotopic (exact) mass is 207 g/mol. The zero-order valence-corrected chi connectivity index (χ0v) is 9.12. The van der Waals surface area contributed by atoms with Crippen molar-refractivity contribution < 1.29 is 4.74 Å². The lowest BCUT2D eigenvalue weighted by atomic mass is 10.3. The van der Waals surface area contributed by atoms with Gasteiger partial charge in [0, 0.05) is 6.20 Å². The summed E-state index contributed by atoms with van der Waals surface area (Å²) in [6.07, 6.45) is 5.36. The first-order valence-electron chi connectivity index (χ1n) is 4.26. The van der Waals surface area contributed by atoms with E-state index in [1.807, 2.05) is 36.6 Å². The smallest absolute Gasteiger partial charge is 0.100 e. The topological polar surface area (TPSA) is 22.1 Å². The molecule has 0 amide bonds. The Kier molecular flexibility index (Phi) is 4.86. The van der Waals surface area contributed by atoms with Crippen LogP contribution >= 0.6 is 11.8 Å². The summed E-state index contributed by atoms with van der Waals surface area (Å²) < 4.78 is 4.82. The molecule has 0 saturated heterocycles. The highest BCUT2D eigenvalue weighted by Crippen LogP contribution is 2.17. The summed E-state index contributed by atoms with van der Waals surface area (Å²) in [4.78, 5) is 4.19. The summed E-state index contributed by atoms with van der Waals surface area (Å²) in [7, 11) is 1.63. The van der Waals surface area contributed by atoms with Crippen molar-refractivity contribution in [3.05, 3.63) is 47.7 Å². The molecule has 1 aromatic heterocycles. The van der Waals surface area contributed by atoms with Crippen LogP contribution in [0.1, 0.15) is 6.92 Å². The predicted molar refractivity (Wildman–Crippen MR) is 60.0 cm³/mol. The van der Waals surface area contributed by atoms with Gasteiger partial charge in [-0.15, -0.1) is 0 Å². The molecule has 74 valence electrons. The van der Waals surface area contributed by atoms with E-state index in [4.69, 9.17) is 4.74 Å². The van der Waals surface area contributed by atoms with Gasteiger partial charge in [-0.1, -0.05) is 17.8 Å². The van der Waals surface area contributed by atoms with Gasteiger partial charge in [0.2, 0.25) is 0 Å². The van der Waals surface area contributed by atoms with Gasteiger partial charge >= 0.3 is 0 Å². The standard InChI is InChI=1S/C11H13NOS/c1-10(6-8-13-2)9-14-11-5-3-4-7-12-11/h3-9H,1-2H3/b8-6+,10-9-. The molecular formula is C11H13NOS. The Bertz CT molecular complexity index is 319. The quantitative estimate of drug-likeness (QED) is 0.430. The van der Waals surface area contributed by atoms with Gasteiger partial charge < -0.3 is 4.74 Å². The van der Waals surface area contributed by atoms with Crippen LogP contribution in [0.2, 0.25) is 0 Å². The van der Waals surface area contributed by atoms with Crippen molar-refractivity contribution in [3.8, 4) is 0 Å². The van der Waals surface area contributed by atoms with Gasteiger partial charge in [-0.2, -0.15) is 0 Å². The lowest BCUT2D eigenvalue weighted by molar-refractivity contribution is 0.338. The van der Waals surface area contributed by atoms with E-state index in [0.29, 0.717) is 0 Å². The van der Waals surface area contributed by atoms with Crippen LogP contribution in [-0.4, -0.2) is 12.1 Å². The Morgan fingerprint density at radius 3 is 3.00 bits per heavy atom. The van der Waals surface area contributed by atoms with E-state index in [1.54, 1.807) is 31.3 Å². The molecule has 0 bridgehead atoms. The van der Waals surface area contributed by atoms with Crippen LogP contribution in [0.5, 0.6) is 0 Å². The molecule has 0 radical (unpaired) electrons. The maximum Gasteiger partial charge on any atom is 0.100 e. The number of methoxy groups -OCH3 is 1. The Balaban J connectivity index is 2.51. The molecule has 0 fully saturated rings. The molecule has 0 unspecified atom stereocenters. The van der Waals surface area contributed by atoms with Gasteiger partial charge in [0.05, 0.1) is 13.4 Å². The Hall–Kier alpha value is -1.22. The summed E-state index contributed by atoms with van der Waals surface area (Å²) in [6, 6.07) is 5.86. The first-order valence-corrected chi connectivity index (χ1v) is 5.14. The minimum absolute atomic E-state index is 0.998. The summed E-state index contributed by atoms with van der Waals surface area (Å²) >= 11 is 1.60. The van der Waals surface area contributed by atoms with Gasteiger partial charge in [0.15, 0.2) is 0 Å². The number of ether oxygens (including phenoxy) is 1. The van der Waals surface area contributed by atoms with Crippen LogP contribution < -0.4 is 0 Å². The summed E-state index contributed by atoms with van der Waals surface area (Å²) in [5.41, 5.74) is 1.14. The fraction of sp³-hybridized carbons (Fsp3) is 0.182. The van der Waals surface area contributed by atoms with Crippen LogP contribution in [0.25, 0.3) is 0 Å². The third-order valence-corrected chi connectivity index (χ3v) is 2.44. The van der Waals surface area contributed by atoms with Crippen molar-refractivity contribution in [2.75, 3.05) is 7.11 Å². The Morgan fingerprint density at radius 1 is 1.50 bits per heavy atom. The zero-order chi connectivity index (χ0) is 10.2. The van der Waals surface area contributed by atoms with Crippen molar-refractivity contribution in [2.45, 2.75) is 11.9 Å². The molecule has 0 N–H and O–H groups in total. The number of rotatable bonds is 4. The summed E-state index contributed by atoms with van der Waals surface area (Å²) in [6.45, 7) is 2.02. The number of pyridine rings is 1. The zero-order valence-electron chi connectivity index (χ0n) is 8.31. The molecule has 2 nitrogen and oxygen atoms in total. The Labute approximate surface area is 88.7 Å². The van der Waals surface area contributed by atoms with E-state index >= 15 is 0 Å². The molecule has 0 saturated carbocycles. The lowest BCUT2D eigenvalue weighted by Gasteiger charge is -1.94. The van der Waals surface area contributed by atoms with E-state index in [0.717, 1.165) is 10.6 Å². The van der Waals surface area contributed by atoms with E-state index in [9.17, 15) is 0 Å². The molecule has 0 spiro atoms. The first kappa shape index (κ1) is 10.9. The average molecular weight is 207 g/mol. The van der Waals surface area contributed by atoms with Crippen LogP contribution in [0, 0.1) is 0 Å². The van der Waals surface area contributed by atoms with E-state index in [-0.39, 0.29) is 0 Å². The van der Waals surface area contributed by atoms with Crippen LogP contribution in [-0.2, 0) is 4.74 Å². The van der Waals surface area contributed by atoms with Crippen molar-refractivity contribution in [1.82, 2.24) is 4.98 Å². The molecule has 1 heterocycles. The van der Waals surface area contributed by atoms with Crippen molar-refractivity contribution in [2.24, 2.45) is 0 Å². The van der Waals surface area contributed by atoms with Crippen LogP contribution in [0.4, 0.5) is 0 Å². The fourth-order valence-corrected chi connectivity index (χ4v) is 1.45. The molecular weight excluding hydrogens is 194 g/mol. The van der Waals surface area contributed by atoms with Gasteiger partial charge in [-0.05, 0) is 36.1 Å². The highest BCUT2D eigenvalue weighted by Gasteiger charge is 1.89. The molecule has 3 heteroatoms. The van der Waals surface area contributed by atoms with Gasteiger partial charge in [-0.3, -0.25) is 0 Å². The first-order chi connectivity index (χ1) is 6.83. The Morgan fingerprint density at radius 2 is 2.36 bits per heavy atom. The van der Waals surface area contributed by atoms with E-state index in [1.165, 1.54) is 0 Å². The summed E-state index contributed by atoms with van der Waals surface area (Å²) in [5.74, 6) is 0. The highest BCUT2D eigenvalue weighted by atomic mass is 32.2. The van der Waals surface area contributed by atoms with Gasteiger partial charge in [-0.25, -0.2) is 4.98 Å². The minimum Gasteiger partial charge on any atom is -0.504 e. The molecule has 0 aliphatic rings. The number of nitrogens with zero attached hydrogens (tertiary/aromatic N) is 1. The highest BCUT2D eigenvalue weighted by molar-refractivity contribution is 8.02. The number of hydrogen-bond donors (Lipinski definition) is 0. The van der Waals surface area contributed by atoms with Crippen LogP contribution in [0.3, 0.4) is 0 Å². The predicted octanol–water partition coefficient (Wildman–Crippen LogP) is 3.24. The van der Waals surface area contributed by atoms with E-state index in [2.05, 4.69) is 4.98 Å². The molecule has 0 aliphatic carbocycles. The minimum atomic E-state index is 0.998. The van der Waals surface area contributed by atoms with Crippen molar-refractivity contribution in [1.29, 1.82) is 0 Å². The average Bonchev–Trinajstić information content (AvgIpc) is 2.25. The van der Waals surface area contributed by atoms with Crippen molar-refractivity contribution >= 4 is 11.8 Å². The second-order valence-electron chi connectivity index (χ2n) is 2.69. The number of allylic oxidation sites excluding steroid dienone is 2. The van der Waals surface area contributed by atoms with E-state index < -0.39 is 0 Å². The third-order valence-electron chi connectivity index (χ3n) is 1.47. The fourth-order valence-electron chi connectivity index (χ4n) is 0.785. The maximum atomic E-state index is 4.82. The summed E-state index contributed by atoms with van der Waals surface area (Å²) in [5, 5.41) is 3.04. The second kappa shape index (κ2) is 6.27. The second-order valence-corrected chi connectivity index (χ2v) is 3.58. The largest absolute Gasteiger partial charge is 0.504 e. The molecule has 1 rings (SSSR count). The van der Waals surface area contributed by atoms with Crippen molar-refractivity contribution in [3.63, 3.8) is 0 Å². The number of thioether (sulfide) groups is 1. The molecule has 0 aliphatic heterocycles. The van der Waals surface area contributed by atoms with Gasteiger partial charge in [0.25, 0.3) is 0 Å². The normalized spacial score (nSPS) is 12.0. The molecule has 1 aromatic rings. The SMILES string of the molecule is CO/C=C/C(C)=C\Sc1ccccn1.